The molecule has 0 radical (unpaired) electrons. The number of rotatable bonds is 5. The van der Waals surface area contributed by atoms with Crippen molar-refractivity contribution in [2.24, 2.45) is 5.16 Å². The third-order valence-electron chi connectivity index (χ3n) is 5.90. The maximum Gasteiger partial charge on any atom is 0.235 e. The third kappa shape index (κ3) is 3.75. The lowest BCUT2D eigenvalue weighted by Gasteiger charge is -2.28. The predicted molar refractivity (Wildman–Crippen MR) is 124 cm³/mol. The smallest absolute Gasteiger partial charge is 0.235 e. The van der Waals surface area contributed by atoms with Gasteiger partial charge in [-0.3, -0.25) is 4.79 Å². The Morgan fingerprint density at radius 1 is 1.00 bits per heavy atom. The molecule has 0 aliphatic carbocycles. The van der Waals surface area contributed by atoms with E-state index in [4.69, 9.17) is 9.82 Å². The Morgan fingerprint density at radius 2 is 1.62 bits per heavy atom. The average molecular weight is 425 g/mol. The van der Waals surface area contributed by atoms with Crippen molar-refractivity contribution >= 4 is 22.7 Å². The van der Waals surface area contributed by atoms with Gasteiger partial charge in [-0.2, -0.15) is 0 Å². The van der Waals surface area contributed by atoms with Crippen molar-refractivity contribution in [1.29, 1.82) is 0 Å². The minimum atomic E-state index is -0.411. The summed E-state index contributed by atoms with van der Waals surface area (Å²) in [6.07, 6.45) is 0.579. The number of hydrogen-bond acceptors (Lipinski definition) is 4. The van der Waals surface area contributed by atoms with Crippen molar-refractivity contribution in [2.45, 2.75) is 18.4 Å². The van der Waals surface area contributed by atoms with Gasteiger partial charge in [-0.1, -0.05) is 78.0 Å². The quantitative estimate of drug-likeness (QED) is 0.473. The van der Waals surface area contributed by atoms with Crippen molar-refractivity contribution in [1.82, 2.24) is 14.9 Å². The molecule has 1 aromatic heterocycles. The van der Waals surface area contributed by atoms with Gasteiger partial charge >= 0.3 is 0 Å². The lowest BCUT2D eigenvalue weighted by Crippen LogP contribution is -2.36. The number of aromatic nitrogens is 2. The fourth-order valence-corrected chi connectivity index (χ4v) is 4.44. The highest BCUT2D eigenvalue weighted by Gasteiger charge is 2.39. The van der Waals surface area contributed by atoms with E-state index in [9.17, 15) is 4.79 Å². The molecule has 1 amide bonds. The van der Waals surface area contributed by atoms with E-state index in [2.05, 4.69) is 10.1 Å². The summed E-state index contributed by atoms with van der Waals surface area (Å²) in [7, 11) is 1.53. The Labute approximate surface area is 186 Å². The Bertz CT molecular complexity index is 1180. The van der Waals surface area contributed by atoms with Crippen LogP contribution in [0, 0.1) is 0 Å². The number of H-pyrrole nitrogens is 1. The molecule has 1 aliphatic rings. The number of amides is 1. The van der Waals surface area contributed by atoms with Crippen LogP contribution in [0.4, 0.5) is 0 Å². The fraction of sp³-hybridized carbons (Fsp3) is 0.192. The lowest BCUT2D eigenvalue weighted by atomic mass is 9.90. The monoisotopic (exact) mass is 424 g/mol. The first-order valence-electron chi connectivity index (χ1n) is 10.7. The first-order valence-corrected chi connectivity index (χ1v) is 10.7. The number of carbonyl (C=O) groups is 1. The molecule has 6 heteroatoms. The molecule has 2 heterocycles. The molecule has 4 aromatic rings. The van der Waals surface area contributed by atoms with Crippen LogP contribution in [0.3, 0.4) is 0 Å². The predicted octanol–water partition coefficient (Wildman–Crippen LogP) is 4.67. The molecule has 6 nitrogen and oxygen atoms in total. The Kier molecular flexibility index (Phi) is 5.42. The summed E-state index contributed by atoms with van der Waals surface area (Å²) in [4.78, 5) is 29.2. The van der Waals surface area contributed by atoms with Gasteiger partial charge in [-0.25, -0.2) is 4.98 Å². The van der Waals surface area contributed by atoms with Gasteiger partial charge in [0.1, 0.15) is 12.9 Å². The van der Waals surface area contributed by atoms with Crippen LogP contribution >= 0.6 is 0 Å². The molecule has 0 bridgehead atoms. The molecule has 3 aromatic carbocycles. The van der Waals surface area contributed by atoms with Crippen LogP contribution in [0.25, 0.3) is 11.0 Å². The Morgan fingerprint density at radius 3 is 2.25 bits per heavy atom. The number of para-hydroxylation sites is 2. The van der Waals surface area contributed by atoms with E-state index in [1.54, 1.807) is 0 Å². The van der Waals surface area contributed by atoms with Gasteiger partial charge in [-0.05, 0) is 23.3 Å². The van der Waals surface area contributed by atoms with Gasteiger partial charge in [0.2, 0.25) is 5.91 Å². The zero-order valence-corrected chi connectivity index (χ0v) is 17.8. The number of nitrogens with zero attached hydrogens (tertiary/aromatic N) is 3. The van der Waals surface area contributed by atoms with Crippen LogP contribution in [-0.4, -0.2) is 40.1 Å². The van der Waals surface area contributed by atoms with Crippen molar-refractivity contribution < 1.29 is 9.63 Å². The molecule has 1 N–H and O–H groups in total. The van der Waals surface area contributed by atoms with Crippen molar-refractivity contribution in [3.63, 3.8) is 0 Å². The molecule has 0 unspecified atom stereocenters. The molecule has 0 saturated carbocycles. The fourth-order valence-electron chi connectivity index (χ4n) is 4.44. The van der Waals surface area contributed by atoms with E-state index in [0.29, 0.717) is 13.0 Å². The van der Waals surface area contributed by atoms with Gasteiger partial charge in [0.05, 0.1) is 35.2 Å². The molecule has 0 spiro atoms. The highest BCUT2D eigenvalue weighted by Crippen LogP contribution is 2.35. The van der Waals surface area contributed by atoms with Crippen LogP contribution < -0.4 is 0 Å². The molecule has 160 valence electrons. The highest BCUT2D eigenvalue weighted by atomic mass is 16.6. The largest absolute Gasteiger partial charge is 0.399 e. The second kappa shape index (κ2) is 8.67. The molecular weight excluding hydrogens is 400 g/mol. The molecule has 1 fully saturated rings. The highest BCUT2D eigenvalue weighted by molar-refractivity contribution is 5.97. The Hall–Kier alpha value is -3.93. The maximum atomic E-state index is 14.1. The number of benzene rings is 3. The minimum Gasteiger partial charge on any atom is -0.399 e. The summed E-state index contributed by atoms with van der Waals surface area (Å²) in [5, 5.41) is 4.17. The summed E-state index contributed by atoms with van der Waals surface area (Å²) in [5.41, 5.74) is 4.59. The van der Waals surface area contributed by atoms with E-state index >= 15 is 0 Å². The molecule has 1 atom stereocenters. The third-order valence-corrected chi connectivity index (χ3v) is 5.90. The van der Waals surface area contributed by atoms with Crippen molar-refractivity contribution in [2.75, 3.05) is 13.7 Å². The van der Waals surface area contributed by atoms with E-state index < -0.39 is 5.92 Å². The van der Waals surface area contributed by atoms with E-state index in [1.165, 1.54) is 7.11 Å². The van der Waals surface area contributed by atoms with Gasteiger partial charge in [0, 0.05) is 6.42 Å². The number of oxime groups is 1. The first kappa shape index (κ1) is 20.0. The summed E-state index contributed by atoms with van der Waals surface area (Å²) in [5.74, 6) is 0.376. The molecule has 32 heavy (non-hydrogen) atoms. The number of fused-ring (bicyclic) bond motifs is 1. The number of likely N-dealkylation sites (tertiary alicyclic amines) is 1. The standard InChI is InChI=1S/C26H24N4O2/c1-32-29-20-16-23(25-27-21-14-8-9-15-22(21)28-25)30(17-20)26(31)24(18-10-4-2-5-11-18)19-12-6-3-7-13-19/h2-15,23-24H,16-17H2,1H3,(H,27,28)/t23-/m0/s1. The average Bonchev–Trinajstić information content (AvgIpc) is 3.45. The summed E-state index contributed by atoms with van der Waals surface area (Å²) < 4.78 is 0. The second-order valence-electron chi connectivity index (χ2n) is 7.92. The van der Waals surface area contributed by atoms with Crippen LogP contribution in [0.2, 0.25) is 0 Å². The lowest BCUT2D eigenvalue weighted by molar-refractivity contribution is -0.132. The van der Waals surface area contributed by atoms with Gasteiger partial charge in [-0.15, -0.1) is 0 Å². The molecule has 5 rings (SSSR count). The normalized spacial score (nSPS) is 17.4. The summed E-state index contributed by atoms with van der Waals surface area (Å²) in [6, 6.07) is 27.5. The summed E-state index contributed by atoms with van der Waals surface area (Å²) >= 11 is 0. The minimum absolute atomic E-state index is 0.0224. The van der Waals surface area contributed by atoms with Gasteiger partial charge in [0.25, 0.3) is 0 Å². The summed E-state index contributed by atoms with van der Waals surface area (Å²) in [6.45, 7) is 0.407. The molecule has 1 aliphatic heterocycles. The maximum absolute atomic E-state index is 14.1. The van der Waals surface area contributed by atoms with Crippen molar-refractivity contribution in [3.8, 4) is 0 Å². The van der Waals surface area contributed by atoms with E-state index in [0.717, 1.165) is 33.7 Å². The molecule has 1 saturated heterocycles. The molecular formula is C26H24N4O2. The van der Waals surface area contributed by atoms with Gasteiger partial charge < -0.3 is 14.7 Å². The Balaban J connectivity index is 1.57. The van der Waals surface area contributed by atoms with Crippen LogP contribution in [0.5, 0.6) is 0 Å². The number of nitrogens with one attached hydrogen (secondary N) is 1. The van der Waals surface area contributed by atoms with Crippen LogP contribution in [-0.2, 0) is 9.63 Å². The number of aromatic amines is 1. The second-order valence-corrected chi connectivity index (χ2v) is 7.92. The number of carbonyl (C=O) groups excluding carboxylic acids is 1. The first-order chi connectivity index (χ1) is 15.7. The van der Waals surface area contributed by atoms with Crippen molar-refractivity contribution in [3.05, 3.63) is 102 Å². The van der Waals surface area contributed by atoms with Crippen LogP contribution in [0.1, 0.15) is 35.3 Å². The SMILES string of the molecule is CON=C1C[C@@H](c2nc3ccccc3[nH]2)N(C(=O)C(c2ccccc2)c2ccccc2)C1. The topological polar surface area (TPSA) is 70.6 Å². The number of hydrogen-bond donors (Lipinski definition) is 1. The van der Waals surface area contributed by atoms with E-state index in [1.807, 2.05) is 89.8 Å². The number of imidazole rings is 1. The van der Waals surface area contributed by atoms with E-state index in [-0.39, 0.29) is 11.9 Å². The van der Waals surface area contributed by atoms with Gasteiger partial charge in [0.15, 0.2) is 0 Å². The van der Waals surface area contributed by atoms with Crippen LogP contribution in [0.15, 0.2) is 90.1 Å². The zero-order valence-electron chi connectivity index (χ0n) is 17.8. The zero-order chi connectivity index (χ0) is 21.9.